The van der Waals surface area contributed by atoms with Crippen molar-refractivity contribution < 1.29 is 18.0 Å². The first-order valence-corrected chi connectivity index (χ1v) is 11.2. The number of fused-ring (bicyclic) bond motifs is 3. The molecule has 4 heterocycles. The summed E-state index contributed by atoms with van der Waals surface area (Å²) in [6.07, 6.45) is 0.670. The van der Waals surface area contributed by atoms with Gasteiger partial charge in [0.1, 0.15) is 11.6 Å². The van der Waals surface area contributed by atoms with E-state index in [0.29, 0.717) is 36.1 Å². The Labute approximate surface area is 199 Å². The van der Waals surface area contributed by atoms with E-state index >= 15 is 0 Å². The number of pyridine rings is 1. The Bertz CT molecular complexity index is 1430. The van der Waals surface area contributed by atoms with Gasteiger partial charge in [0, 0.05) is 37.9 Å². The van der Waals surface area contributed by atoms with Crippen molar-refractivity contribution in [1.82, 2.24) is 24.3 Å². The fourth-order valence-electron chi connectivity index (χ4n) is 4.49. The highest BCUT2D eigenvalue weighted by atomic mass is 19.4. The average molecular weight is 483 g/mol. The normalized spacial score (nSPS) is 15.8. The Hall–Kier alpha value is -3.89. The van der Waals surface area contributed by atoms with Crippen LogP contribution in [0.4, 0.5) is 24.8 Å². The molecule has 0 bridgehead atoms. The summed E-state index contributed by atoms with van der Waals surface area (Å²) in [6, 6.07) is 5.58. The molecule has 1 N–H and O–H groups in total. The van der Waals surface area contributed by atoms with Crippen LogP contribution in [-0.2, 0) is 11.0 Å². The third-order valence-corrected chi connectivity index (χ3v) is 6.50. The molecule has 5 rings (SSSR count). The number of carbonyl (C=O) groups excluding carboxylic acids is 1. The van der Waals surface area contributed by atoms with Gasteiger partial charge in [0.05, 0.1) is 29.9 Å². The predicted molar refractivity (Wildman–Crippen MR) is 126 cm³/mol. The molecule has 1 atom stereocenters. The number of benzene rings is 1. The molecule has 35 heavy (non-hydrogen) atoms. The minimum atomic E-state index is -4.43. The Morgan fingerprint density at radius 1 is 1.17 bits per heavy atom. The van der Waals surface area contributed by atoms with E-state index in [9.17, 15) is 18.0 Å². The molecule has 1 saturated heterocycles. The number of aromatic nitrogens is 4. The number of halogens is 3. The standard InChI is InChI=1S/C24H24F3N7O/c1-14-16(5-4-6-18(14)24(25,26)27)15(2)30-22-17-11-20(33-10-9-32(3)21(35)13-33)29-12-19(17)34-8-7-28-23(34)31-22/h4-8,11-12,15H,9-10,13H2,1-3H3,(H,28,30,31)/t15-/m1/s1. The van der Waals surface area contributed by atoms with Crippen LogP contribution < -0.4 is 10.2 Å². The highest BCUT2D eigenvalue weighted by molar-refractivity contribution is 5.93. The molecule has 0 aliphatic carbocycles. The van der Waals surface area contributed by atoms with Crippen LogP contribution in [0.5, 0.6) is 0 Å². The zero-order valence-corrected chi connectivity index (χ0v) is 19.5. The molecule has 1 aliphatic rings. The second kappa shape index (κ2) is 8.40. The first-order valence-electron chi connectivity index (χ1n) is 11.2. The van der Waals surface area contributed by atoms with Crippen LogP contribution in [0.25, 0.3) is 16.7 Å². The van der Waals surface area contributed by atoms with Crippen molar-refractivity contribution in [3.8, 4) is 0 Å². The lowest BCUT2D eigenvalue weighted by molar-refractivity contribution is -0.138. The van der Waals surface area contributed by atoms with Crippen LogP contribution in [0.1, 0.15) is 29.7 Å². The molecule has 1 aliphatic heterocycles. The fourth-order valence-corrected chi connectivity index (χ4v) is 4.49. The molecule has 0 radical (unpaired) electrons. The lowest BCUT2D eigenvalue weighted by atomic mass is 9.97. The number of hydrogen-bond acceptors (Lipinski definition) is 6. The van der Waals surface area contributed by atoms with Gasteiger partial charge >= 0.3 is 6.18 Å². The van der Waals surface area contributed by atoms with Gasteiger partial charge in [0.25, 0.3) is 0 Å². The monoisotopic (exact) mass is 483 g/mol. The van der Waals surface area contributed by atoms with Gasteiger partial charge in [0.2, 0.25) is 11.7 Å². The summed E-state index contributed by atoms with van der Waals surface area (Å²) in [6.45, 7) is 4.73. The summed E-state index contributed by atoms with van der Waals surface area (Å²) >= 11 is 0. The number of rotatable bonds is 4. The molecule has 0 unspecified atom stereocenters. The maximum absolute atomic E-state index is 13.5. The van der Waals surface area contributed by atoms with Crippen LogP contribution in [0.15, 0.2) is 42.9 Å². The van der Waals surface area contributed by atoms with E-state index in [4.69, 9.17) is 0 Å². The summed E-state index contributed by atoms with van der Waals surface area (Å²) in [5.74, 6) is 1.56. The van der Waals surface area contributed by atoms with Crippen molar-refractivity contribution in [1.29, 1.82) is 0 Å². The number of amides is 1. The van der Waals surface area contributed by atoms with Gasteiger partial charge in [0.15, 0.2) is 0 Å². The predicted octanol–water partition coefficient (Wildman–Crippen LogP) is 4.06. The van der Waals surface area contributed by atoms with Gasteiger partial charge in [-0.25, -0.2) is 9.97 Å². The third-order valence-electron chi connectivity index (χ3n) is 6.50. The highest BCUT2D eigenvalue weighted by Gasteiger charge is 2.33. The Morgan fingerprint density at radius 3 is 2.71 bits per heavy atom. The number of hydrogen-bond donors (Lipinski definition) is 1. The van der Waals surface area contributed by atoms with Crippen LogP contribution >= 0.6 is 0 Å². The van der Waals surface area contributed by atoms with E-state index in [1.807, 2.05) is 11.0 Å². The van der Waals surface area contributed by atoms with Crippen molar-refractivity contribution in [3.05, 3.63) is 59.5 Å². The second-order valence-corrected chi connectivity index (χ2v) is 8.74. The third kappa shape index (κ3) is 4.11. The molecule has 1 aromatic carbocycles. The number of anilines is 2. The minimum Gasteiger partial charge on any atom is -0.363 e. The van der Waals surface area contributed by atoms with Gasteiger partial charge in [-0.2, -0.15) is 18.2 Å². The van der Waals surface area contributed by atoms with Crippen LogP contribution in [-0.4, -0.2) is 56.8 Å². The van der Waals surface area contributed by atoms with E-state index in [2.05, 4.69) is 20.3 Å². The van der Waals surface area contributed by atoms with Crippen molar-refractivity contribution in [3.63, 3.8) is 0 Å². The van der Waals surface area contributed by atoms with Gasteiger partial charge < -0.3 is 15.1 Å². The summed E-state index contributed by atoms with van der Waals surface area (Å²) in [4.78, 5) is 29.3. The first-order chi connectivity index (χ1) is 16.6. The zero-order valence-electron chi connectivity index (χ0n) is 19.5. The molecule has 0 spiro atoms. The summed E-state index contributed by atoms with van der Waals surface area (Å²) in [5, 5.41) is 4.02. The van der Waals surface area contributed by atoms with Crippen molar-refractivity contribution in [2.75, 3.05) is 36.9 Å². The first kappa shape index (κ1) is 22.9. The second-order valence-electron chi connectivity index (χ2n) is 8.74. The number of likely N-dealkylation sites (N-methyl/N-ethyl adjacent to an activating group) is 1. The molecule has 3 aromatic heterocycles. The van der Waals surface area contributed by atoms with Crippen molar-refractivity contribution >= 4 is 34.2 Å². The van der Waals surface area contributed by atoms with Gasteiger partial charge in [-0.1, -0.05) is 12.1 Å². The summed E-state index contributed by atoms with van der Waals surface area (Å²) in [7, 11) is 1.77. The van der Waals surface area contributed by atoms with Gasteiger partial charge in [-0.15, -0.1) is 0 Å². The average Bonchev–Trinajstić information content (AvgIpc) is 3.28. The number of piperazine rings is 1. The topological polar surface area (TPSA) is 78.7 Å². The maximum Gasteiger partial charge on any atom is 0.416 e. The Balaban J connectivity index is 1.57. The molecular formula is C24H24F3N7O. The number of nitrogens with zero attached hydrogens (tertiary/aromatic N) is 6. The van der Waals surface area contributed by atoms with E-state index < -0.39 is 17.8 Å². The molecule has 182 valence electrons. The van der Waals surface area contributed by atoms with Gasteiger partial charge in [-0.3, -0.25) is 9.20 Å². The van der Waals surface area contributed by atoms with Crippen molar-refractivity contribution in [2.24, 2.45) is 0 Å². The smallest absolute Gasteiger partial charge is 0.363 e. The number of carbonyl (C=O) groups is 1. The molecular weight excluding hydrogens is 459 g/mol. The zero-order chi connectivity index (χ0) is 24.9. The largest absolute Gasteiger partial charge is 0.416 e. The van der Waals surface area contributed by atoms with Crippen LogP contribution in [0, 0.1) is 6.92 Å². The summed E-state index contributed by atoms with van der Waals surface area (Å²) in [5.41, 5.74) is 0.782. The SMILES string of the molecule is Cc1c([C@@H](C)Nc2nc3nccn3c3cnc(N4CCN(C)C(=O)C4)cc23)cccc1C(F)(F)F. The maximum atomic E-state index is 13.5. The van der Waals surface area contributed by atoms with E-state index in [0.717, 1.165) is 17.0 Å². The molecule has 0 saturated carbocycles. The Kier molecular flexibility index (Phi) is 5.49. The van der Waals surface area contributed by atoms with Crippen molar-refractivity contribution in [2.45, 2.75) is 26.1 Å². The highest BCUT2D eigenvalue weighted by Crippen LogP contribution is 2.36. The number of nitrogens with one attached hydrogen (secondary N) is 1. The number of alkyl halides is 3. The van der Waals surface area contributed by atoms with Crippen LogP contribution in [0.2, 0.25) is 0 Å². The molecule has 8 nitrogen and oxygen atoms in total. The van der Waals surface area contributed by atoms with E-state index in [1.54, 1.807) is 47.9 Å². The molecule has 1 fully saturated rings. The van der Waals surface area contributed by atoms with E-state index in [-0.39, 0.29) is 18.0 Å². The minimum absolute atomic E-state index is 0.00771. The fraction of sp³-hybridized carbons (Fsp3) is 0.333. The number of imidazole rings is 1. The lowest BCUT2D eigenvalue weighted by Gasteiger charge is -2.32. The molecule has 1 amide bonds. The van der Waals surface area contributed by atoms with E-state index in [1.165, 1.54) is 13.0 Å². The molecule has 4 aromatic rings. The van der Waals surface area contributed by atoms with Gasteiger partial charge in [-0.05, 0) is 37.1 Å². The lowest BCUT2D eigenvalue weighted by Crippen LogP contribution is -2.48. The Morgan fingerprint density at radius 2 is 1.97 bits per heavy atom. The molecule has 11 heteroatoms. The summed E-state index contributed by atoms with van der Waals surface area (Å²) < 4.78 is 42.2. The van der Waals surface area contributed by atoms with Crippen LogP contribution in [0.3, 0.4) is 0 Å². The quantitative estimate of drug-likeness (QED) is 0.472.